The maximum absolute atomic E-state index is 12.2. The lowest BCUT2D eigenvalue weighted by Gasteiger charge is -2.08. The molecule has 0 aliphatic heterocycles. The zero-order valence-corrected chi connectivity index (χ0v) is 14.0. The van der Waals surface area contributed by atoms with Crippen molar-refractivity contribution in [2.24, 2.45) is 0 Å². The molecule has 0 unspecified atom stereocenters. The molecule has 0 bridgehead atoms. The Labute approximate surface area is 147 Å². The topological polar surface area (TPSA) is 93.2 Å². The van der Waals surface area contributed by atoms with Gasteiger partial charge in [0.25, 0.3) is 11.8 Å². The third-order valence-corrected chi connectivity index (χ3v) is 3.83. The number of rotatable bonds is 5. The summed E-state index contributed by atoms with van der Waals surface area (Å²) in [6.07, 6.45) is 0. The largest absolute Gasteiger partial charge is 0.497 e. The number of methoxy groups -OCH3 is 1. The molecule has 0 saturated carbocycles. The molecule has 3 rings (SSSR count). The van der Waals surface area contributed by atoms with Crippen molar-refractivity contribution in [3.63, 3.8) is 0 Å². The molecular weight excluding hydrogens is 340 g/mol. The second kappa shape index (κ2) is 7.54. The van der Waals surface area contributed by atoms with Gasteiger partial charge in [0.2, 0.25) is 0 Å². The fraction of sp³-hybridized carbons (Fsp3) is 0.0588. The second-order valence-electron chi connectivity index (χ2n) is 5.01. The molecule has 0 saturated heterocycles. The SMILES string of the molecule is COc1cccc(C(=O)Nc2ccc(NC(=O)c3csnn3)cc2)c1. The lowest BCUT2D eigenvalue weighted by atomic mass is 10.2. The van der Waals surface area contributed by atoms with Crippen LogP contribution in [-0.4, -0.2) is 28.5 Å². The summed E-state index contributed by atoms with van der Waals surface area (Å²) in [5.74, 6) is 0.0355. The smallest absolute Gasteiger partial charge is 0.277 e. The van der Waals surface area contributed by atoms with Crippen LogP contribution in [0.4, 0.5) is 11.4 Å². The van der Waals surface area contributed by atoms with Gasteiger partial charge in [-0.3, -0.25) is 9.59 Å². The molecule has 0 aliphatic rings. The minimum atomic E-state index is -0.332. The highest BCUT2D eigenvalue weighted by Crippen LogP contribution is 2.17. The van der Waals surface area contributed by atoms with Gasteiger partial charge in [0, 0.05) is 22.3 Å². The molecule has 25 heavy (non-hydrogen) atoms. The quantitative estimate of drug-likeness (QED) is 0.734. The first kappa shape index (κ1) is 16.6. The summed E-state index contributed by atoms with van der Waals surface area (Å²) in [5, 5.41) is 10.8. The summed E-state index contributed by atoms with van der Waals surface area (Å²) in [6, 6.07) is 13.7. The number of nitrogens with one attached hydrogen (secondary N) is 2. The molecule has 0 atom stereocenters. The predicted molar refractivity (Wildman–Crippen MR) is 95.3 cm³/mol. The van der Waals surface area contributed by atoms with E-state index >= 15 is 0 Å². The summed E-state index contributed by atoms with van der Waals surface area (Å²) in [5.41, 5.74) is 1.96. The van der Waals surface area contributed by atoms with Crippen LogP contribution < -0.4 is 15.4 Å². The summed E-state index contributed by atoms with van der Waals surface area (Å²) < 4.78 is 8.76. The van der Waals surface area contributed by atoms with E-state index in [0.717, 1.165) is 11.5 Å². The molecule has 2 amide bonds. The Morgan fingerprint density at radius 3 is 2.28 bits per heavy atom. The first-order valence-electron chi connectivity index (χ1n) is 7.29. The van der Waals surface area contributed by atoms with E-state index in [4.69, 9.17) is 4.74 Å². The highest BCUT2D eigenvalue weighted by Gasteiger charge is 2.10. The van der Waals surface area contributed by atoms with Crippen molar-refractivity contribution < 1.29 is 14.3 Å². The van der Waals surface area contributed by atoms with Gasteiger partial charge >= 0.3 is 0 Å². The third-order valence-electron chi connectivity index (χ3n) is 3.33. The van der Waals surface area contributed by atoms with E-state index in [9.17, 15) is 9.59 Å². The Bertz CT molecular complexity index is 879. The molecule has 2 N–H and O–H groups in total. The van der Waals surface area contributed by atoms with E-state index in [2.05, 4.69) is 20.2 Å². The summed E-state index contributed by atoms with van der Waals surface area (Å²) in [6.45, 7) is 0. The van der Waals surface area contributed by atoms with Gasteiger partial charge in [0.15, 0.2) is 5.69 Å². The van der Waals surface area contributed by atoms with Crippen molar-refractivity contribution in [2.45, 2.75) is 0 Å². The highest BCUT2D eigenvalue weighted by atomic mass is 32.1. The molecule has 0 fully saturated rings. The number of hydrogen-bond donors (Lipinski definition) is 2. The summed E-state index contributed by atoms with van der Waals surface area (Å²) in [4.78, 5) is 24.1. The molecule has 2 aromatic carbocycles. The fourth-order valence-electron chi connectivity index (χ4n) is 2.06. The highest BCUT2D eigenvalue weighted by molar-refractivity contribution is 7.03. The minimum absolute atomic E-state index is 0.246. The number of benzene rings is 2. The predicted octanol–water partition coefficient (Wildman–Crippen LogP) is 3.05. The van der Waals surface area contributed by atoms with Crippen molar-refractivity contribution in [1.82, 2.24) is 9.59 Å². The van der Waals surface area contributed by atoms with E-state index < -0.39 is 0 Å². The van der Waals surface area contributed by atoms with Crippen LogP contribution in [0.3, 0.4) is 0 Å². The van der Waals surface area contributed by atoms with Gasteiger partial charge in [-0.2, -0.15) is 0 Å². The molecule has 126 valence electrons. The summed E-state index contributed by atoms with van der Waals surface area (Å²) >= 11 is 1.11. The average Bonchev–Trinajstić information content (AvgIpc) is 3.18. The number of hydrogen-bond acceptors (Lipinski definition) is 6. The third kappa shape index (κ3) is 4.18. The molecule has 7 nitrogen and oxygen atoms in total. The van der Waals surface area contributed by atoms with E-state index in [1.165, 1.54) is 0 Å². The van der Waals surface area contributed by atoms with E-state index in [-0.39, 0.29) is 17.5 Å². The van der Waals surface area contributed by atoms with Crippen molar-refractivity contribution in [3.05, 3.63) is 65.2 Å². The Kier molecular flexibility index (Phi) is 5.00. The molecule has 0 radical (unpaired) electrons. The number of carbonyl (C=O) groups excluding carboxylic acids is 2. The molecule has 1 heterocycles. The lowest BCUT2D eigenvalue weighted by molar-refractivity contribution is 0.101. The van der Waals surface area contributed by atoms with Gasteiger partial charge in [0.1, 0.15) is 5.75 Å². The molecular formula is C17H14N4O3S. The Balaban J connectivity index is 1.64. The number of amides is 2. The van der Waals surface area contributed by atoms with Crippen LogP contribution in [0.15, 0.2) is 53.9 Å². The van der Waals surface area contributed by atoms with Gasteiger partial charge in [-0.25, -0.2) is 0 Å². The van der Waals surface area contributed by atoms with E-state index in [0.29, 0.717) is 22.7 Å². The first-order chi connectivity index (χ1) is 12.2. The molecule has 0 aliphatic carbocycles. The second-order valence-corrected chi connectivity index (χ2v) is 5.62. The maximum Gasteiger partial charge on any atom is 0.277 e. The van der Waals surface area contributed by atoms with E-state index in [1.807, 2.05) is 0 Å². The first-order valence-corrected chi connectivity index (χ1v) is 8.13. The van der Waals surface area contributed by atoms with Gasteiger partial charge in [0.05, 0.1) is 7.11 Å². The van der Waals surface area contributed by atoms with Crippen molar-refractivity contribution in [1.29, 1.82) is 0 Å². The molecule has 1 aromatic heterocycles. The number of anilines is 2. The van der Waals surface area contributed by atoms with Gasteiger partial charge in [-0.1, -0.05) is 10.6 Å². The fourth-order valence-corrected chi connectivity index (χ4v) is 2.50. The standard InChI is InChI=1S/C17H14N4O3S/c1-24-14-4-2-3-11(9-14)16(22)18-12-5-7-13(8-6-12)19-17(23)15-10-25-21-20-15/h2-10H,1H3,(H,18,22)(H,19,23). The van der Waals surface area contributed by atoms with Crippen LogP contribution >= 0.6 is 11.5 Å². The maximum atomic E-state index is 12.2. The number of nitrogens with zero attached hydrogens (tertiary/aromatic N) is 2. The lowest BCUT2D eigenvalue weighted by Crippen LogP contribution is -2.13. The van der Waals surface area contributed by atoms with Gasteiger partial charge in [-0.15, -0.1) is 5.10 Å². The molecule has 0 spiro atoms. The van der Waals surface area contributed by atoms with Crippen LogP contribution in [0.1, 0.15) is 20.8 Å². The van der Waals surface area contributed by atoms with Crippen LogP contribution in [0.25, 0.3) is 0 Å². The van der Waals surface area contributed by atoms with Crippen molar-refractivity contribution >= 4 is 34.7 Å². The van der Waals surface area contributed by atoms with Gasteiger partial charge < -0.3 is 15.4 Å². The van der Waals surface area contributed by atoms with Crippen molar-refractivity contribution in [2.75, 3.05) is 17.7 Å². The van der Waals surface area contributed by atoms with Crippen LogP contribution in [0.5, 0.6) is 5.75 Å². The molecule has 8 heteroatoms. The Morgan fingerprint density at radius 1 is 1.00 bits per heavy atom. The van der Waals surface area contributed by atoms with Gasteiger partial charge in [-0.05, 0) is 54.0 Å². The minimum Gasteiger partial charge on any atom is -0.497 e. The van der Waals surface area contributed by atoms with E-state index in [1.54, 1.807) is 61.0 Å². The monoisotopic (exact) mass is 354 g/mol. The average molecular weight is 354 g/mol. The number of carbonyl (C=O) groups is 2. The van der Waals surface area contributed by atoms with Crippen LogP contribution in [0.2, 0.25) is 0 Å². The normalized spacial score (nSPS) is 10.1. The van der Waals surface area contributed by atoms with Crippen LogP contribution in [0, 0.1) is 0 Å². The molecule has 3 aromatic rings. The van der Waals surface area contributed by atoms with Crippen molar-refractivity contribution in [3.8, 4) is 5.75 Å². The summed E-state index contributed by atoms with van der Waals surface area (Å²) in [7, 11) is 1.55. The number of ether oxygens (including phenoxy) is 1. The number of aromatic nitrogens is 2. The Hall–Kier alpha value is -3.26. The zero-order valence-electron chi connectivity index (χ0n) is 13.2. The zero-order chi connectivity index (χ0) is 17.6. The Morgan fingerprint density at radius 2 is 1.68 bits per heavy atom. The van der Waals surface area contributed by atoms with Crippen LogP contribution in [-0.2, 0) is 0 Å².